The van der Waals surface area contributed by atoms with Gasteiger partial charge in [0, 0.05) is 30.9 Å². The number of carbonyl (C=O) groups is 1. The van der Waals surface area contributed by atoms with E-state index in [0.29, 0.717) is 18.7 Å². The molecule has 7 nitrogen and oxygen atoms in total. The van der Waals surface area contributed by atoms with Crippen molar-refractivity contribution in [1.29, 1.82) is 0 Å². The summed E-state index contributed by atoms with van der Waals surface area (Å²) in [5, 5.41) is 4.22. The fourth-order valence-corrected chi connectivity index (χ4v) is 3.84. The van der Waals surface area contributed by atoms with Crippen molar-refractivity contribution >= 4 is 22.2 Å². The highest BCUT2D eigenvalue weighted by atomic mass is 32.2. The van der Waals surface area contributed by atoms with Crippen molar-refractivity contribution < 1.29 is 13.2 Å². The summed E-state index contributed by atoms with van der Waals surface area (Å²) in [5.41, 5.74) is 1.61. The van der Waals surface area contributed by atoms with Crippen LogP contribution in [0, 0.1) is 0 Å². The topological polar surface area (TPSA) is 84.3 Å². The molecule has 2 heterocycles. The van der Waals surface area contributed by atoms with Gasteiger partial charge in [0.15, 0.2) is 0 Å². The van der Waals surface area contributed by atoms with Crippen LogP contribution in [0.25, 0.3) is 11.8 Å². The van der Waals surface area contributed by atoms with E-state index in [1.807, 2.05) is 30.3 Å². The average molecular weight is 360 g/mol. The van der Waals surface area contributed by atoms with Gasteiger partial charge in [0.05, 0.1) is 11.9 Å². The van der Waals surface area contributed by atoms with Crippen LogP contribution in [0.2, 0.25) is 0 Å². The van der Waals surface area contributed by atoms with Gasteiger partial charge >= 0.3 is 10.2 Å². The van der Waals surface area contributed by atoms with Gasteiger partial charge in [-0.25, -0.2) is 9.40 Å². The van der Waals surface area contributed by atoms with Crippen molar-refractivity contribution in [1.82, 2.24) is 18.8 Å². The number of amides is 1. The van der Waals surface area contributed by atoms with E-state index in [9.17, 15) is 13.2 Å². The van der Waals surface area contributed by atoms with E-state index < -0.39 is 16.1 Å². The number of hydrogen-bond acceptors (Lipinski definition) is 4. The van der Waals surface area contributed by atoms with Crippen molar-refractivity contribution in [2.24, 2.45) is 0 Å². The third-order valence-electron chi connectivity index (χ3n) is 3.93. The molecule has 0 unspecified atom stereocenters. The summed E-state index contributed by atoms with van der Waals surface area (Å²) in [6, 6.07) is 9.56. The third kappa shape index (κ3) is 4.55. The SMILES string of the molecule is O=C(/C=C/c1cnn(-c2ccccc2)c1)NS(=O)(=O)N1CCCCC1. The smallest absolute Gasteiger partial charge is 0.269 e. The molecular formula is C17H20N4O3S. The molecular weight excluding hydrogens is 340 g/mol. The number of piperidine rings is 1. The Morgan fingerprint density at radius 1 is 1.12 bits per heavy atom. The van der Waals surface area contributed by atoms with Crippen LogP contribution < -0.4 is 4.72 Å². The minimum atomic E-state index is -3.76. The Kier molecular flexibility index (Phi) is 5.30. The maximum absolute atomic E-state index is 12.1. The van der Waals surface area contributed by atoms with E-state index in [1.165, 1.54) is 16.5 Å². The van der Waals surface area contributed by atoms with Crippen LogP contribution in [0.4, 0.5) is 0 Å². The third-order valence-corrected chi connectivity index (χ3v) is 5.44. The number of hydrogen-bond donors (Lipinski definition) is 1. The monoisotopic (exact) mass is 360 g/mol. The highest BCUT2D eigenvalue weighted by molar-refractivity contribution is 7.87. The Morgan fingerprint density at radius 3 is 2.56 bits per heavy atom. The van der Waals surface area contributed by atoms with Crippen LogP contribution in [0.15, 0.2) is 48.8 Å². The van der Waals surface area contributed by atoms with E-state index >= 15 is 0 Å². The lowest BCUT2D eigenvalue weighted by atomic mass is 10.2. The Balaban J connectivity index is 1.62. The minimum Gasteiger partial charge on any atom is -0.269 e. The van der Waals surface area contributed by atoms with E-state index in [4.69, 9.17) is 0 Å². The fraction of sp³-hybridized carbons (Fsp3) is 0.294. The van der Waals surface area contributed by atoms with Crippen LogP contribution >= 0.6 is 0 Å². The number of nitrogens with zero attached hydrogens (tertiary/aromatic N) is 3. The minimum absolute atomic E-state index is 0.455. The molecule has 1 fully saturated rings. The first-order valence-electron chi connectivity index (χ1n) is 8.15. The Hall–Kier alpha value is -2.45. The number of para-hydroxylation sites is 1. The predicted octanol–water partition coefficient (Wildman–Crippen LogP) is 1.73. The van der Waals surface area contributed by atoms with Gasteiger partial charge in [0.25, 0.3) is 5.91 Å². The highest BCUT2D eigenvalue weighted by Gasteiger charge is 2.24. The Labute approximate surface area is 147 Å². The molecule has 2 aromatic rings. The number of aromatic nitrogens is 2. The summed E-state index contributed by atoms with van der Waals surface area (Å²) in [5.74, 6) is -0.668. The summed E-state index contributed by atoms with van der Waals surface area (Å²) in [6.07, 6.45) is 8.77. The quantitative estimate of drug-likeness (QED) is 0.823. The largest absolute Gasteiger partial charge is 0.304 e. The molecule has 1 aliphatic rings. The van der Waals surface area contributed by atoms with Gasteiger partial charge < -0.3 is 0 Å². The van der Waals surface area contributed by atoms with Crippen molar-refractivity contribution in [3.05, 3.63) is 54.4 Å². The van der Waals surface area contributed by atoms with Gasteiger partial charge in [0.1, 0.15) is 0 Å². The molecule has 8 heteroatoms. The zero-order valence-electron chi connectivity index (χ0n) is 13.7. The lowest BCUT2D eigenvalue weighted by Crippen LogP contribution is -2.45. The zero-order chi connectivity index (χ0) is 17.7. The second-order valence-electron chi connectivity index (χ2n) is 5.82. The molecule has 25 heavy (non-hydrogen) atoms. The van der Waals surface area contributed by atoms with Crippen molar-refractivity contribution in [3.8, 4) is 5.69 Å². The van der Waals surface area contributed by atoms with Gasteiger partial charge in [-0.1, -0.05) is 24.6 Å². The molecule has 132 valence electrons. The van der Waals surface area contributed by atoms with Crippen LogP contribution in [0.3, 0.4) is 0 Å². The van der Waals surface area contributed by atoms with Gasteiger partial charge in [-0.15, -0.1) is 0 Å². The molecule has 1 N–H and O–H groups in total. The van der Waals surface area contributed by atoms with E-state index in [1.54, 1.807) is 17.1 Å². The van der Waals surface area contributed by atoms with E-state index in [-0.39, 0.29) is 0 Å². The van der Waals surface area contributed by atoms with Gasteiger partial charge in [-0.2, -0.15) is 17.8 Å². The Morgan fingerprint density at radius 2 is 1.84 bits per heavy atom. The maximum Gasteiger partial charge on any atom is 0.304 e. The standard InChI is InChI=1S/C17H20N4O3S/c22-17(19-25(23,24)20-11-5-2-6-12-20)10-9-15-13-18-21(14-15)16-7-3-1-4-8-16/h1,3-4,7-10,13-14H,2,5-6,11-12H2,(H,19,22)/b10-9+. The molecule has 0 spiro atoms. The lowest BCUT2D eigenvalue weighted by molar-refractivity contribution is -0.114. The van der Waals surface area contributed by atoms with Crippen LogP contribution in [-0.4, -0.2) is 41.5 Å². The summed E-state index contributed by atoms with van der Waals surface area (Å²) in [4.78, 5) is 11.9. The Bertz CT molecular complexity index is 853. The molecule has 1 saturated heterocycles. The zero-order valence-corrected chi connectivity index (χ0v) is 14.5. The van der Waals surface area contributed by atoms with Crippen LogP contribution in [0.5, 0.6) is 0 Å². The molecule has 3 rings (SSSR count). The van der Waals surface area contributed by atoms with Crippen molar-refractivity contribution in [2.75, 3.05) is 13.1 Å². The number of carbonyl (C=O) groups excluding carboxylic acids is 1. The maximum atomic E-state index is 12.1. The molecule has 1 aliphatic heterocycles. The summed E-state index contributed by atoms with van der Waals surface area (Å²) < 4.78 is 29.4. The highest BCUT2D eigenvalue weighted by Crippen LogP contribution is 2.12. The summed E-state index contributed by atoms with van der Waals surface area (Å²) in [6.45, 7) is 0.909. The normalized spacial score (nSPS) is 16.2. The first kappa shape index (κ1) is 17.4. The number of nitrogens with one attached hydrogen (secondary N) is 1. The average Bonchev–Trinajstić information content (AvgIpc) is 3.10. The van der Waals surface area contributed by atoms with Crippen LogP contribution in [-0.2, 0) is 15.0 Å². The van der Waals surface area contributed by atoms with E-state index in [2.05, 4.69) is 9.82 Å². The van der Waals surface area contributed by atoms with Gasteiger partial charge in [-0.05, 0) is 31.1 Å². The predicted molar refractivity (Wildman–Crippen MR) is 95.1 cm³/mol. The second-order valence-corrected chi connectivity index (χ2v) is 7.49. The molecule has 1 aromatic carbocycles. The molecule has 0 aliphatic carbocycles. The van der Waals surface area contributed by atoms with Gasteiger partial charge in [0.2, 0.25) is 0 Å². The first-order chi connectivity index (χ1) is 12.0. The van der Waals surface area contributed by atoms with Gasteiger partial charge in [-0.3, -0.25) is 4.79 Å². The van der Waals surface area contributed by atoms with Crippen LogP contribution in [0.1, 0.15) is 24.8 Å². The fourth-order valence-electron chi connectivity index (χ4n) is 2.65. The lowest BCUT2D eigenvalue weighted by Gasteiger charge is -2.25. The number of rotatable bonds is 5. The van der Waals surface area contributed by atoms with E-state index in [0.717, 1.165) is 24.9 Å². The molecule has 1 amide bonds. The molecule has 0 saturated carbocycles. The first-order valence-corrected chi connectivity index (χ1v) is 9.59. The molecule has 0 radical (unpaired) electrons. The molecule has 0 atom stereocenters. The molecule has 0 bridgehead atoms. The number of benzene rings is 1. The molecule has 1 aromatic heterocycles. The summed E-state index contributed by atoms with van der Waals surface area (Å²) in [7, 11) is -3.76. The summed E-state index contributed by atoms with van der Waals surface area (Å²) >= 11 is 0. The van der Waals surface area contributed by atoms with Crippen molar-refractivity contribution in [3.63, 3.8) is 0 Å². The van der Waals surface area contributed by atoms with Crippen molar-refractivity contribution in [2.45, 2.75) is 19.3 Å². The second kappa shape index (κ2) is 7.62.